The molecule has 0 aromatic heterocycles. The van der Waals surface area contributed by atoms with E-state index in [2.05, 4.69) is 24.5 Å². The van der Waals surface area contributed by atoms with Crippen molar-refractivity contribution >= 4 is 6.09 Å². The first-order chi connectivity index (χ1) is 9.60. The monoisotopic (exact) mass is 304 g/mol. The molecule has 0 rings (SSSR count). The average molecular weight is 304 g/mol. The number of nitrogens with one attached hydrogen (secondary N) is 2. The molecule has 126 valence electrons. The molecule has 6 heteroatoms. The minimum Gasteiger partial charge on any atom is -0.444 e. The molecule has 2 unspecified atom stereocenters. The van der Waals surface area contributed by atoms with E-state index in [0.29, 0.717) is 12.5 Å². The van der Waals surface area contributed by atoms with E-state index >= 15 is 0 Å². The van der Waals surface area contributed by atoms with E-state index in [1.165, 1.54) is 0 Å². The van der Waals surface area contributed by atoms with Crippen LogP contribution in [0.5, 0.6) is 0 Å². The Kier molecular flexibility index (Phi) is 8.85. The van der Waals surface area contributed by atoms with Crippen LogP contribution in [0.2, 0.25) is 0 Å². The Morgan fingerprint density at radius 3 is 2.00 bits per heavy atom. The third-order valence-electron chi connectivity index (χ3n) is 3.02. The van der Waals surface area contributed by atoms with E-state index < -0.39 is 11.7 Å². The maximum absolute atomic E-state index is 11.7. The summed E-state index contributed by atoms with van der Waals surface area (Å²) in [5.41, 5.74) is -0.491. The summed E-state index contributed by atoms with van der Waals surface area (Å²) in [5, 5.41) is 6.21. The molecule has 0 spiro atoms. The highest BCUT2D eigenvalue weighted by atomic mass is 16.7. The van der Waals surface area contributed by atoms with Crippen molar-refractivity contribution in [3.63, 3.8) is 0 Å². The summed E-state index contributed by atoms with van der Waals surface area (Å²) < 4.78 is 15.7. The fraction of sp³-hybridized carbons (Fsp3) is 0.933. The van der Waals surface area contributed by atoms with Gasteiger partial charge in [0.05, 0.1) is 6.04 Å². The third kappa shape index (κ3) is 8.90. The Balaban J connectivity index is 4.41. The van der Waals surface area contributed by atoms with Crippen LogP contribution in [-0.2, 0) is 14.2 Å². The Labute approximate surface area is 128 Å². The summed E-state index contributed by atoms with van der Waals surface area (Å²) in [5.74, 6) is 0.344. The van der Waals surface area contributed by atoms with Crippen molar-refractivity contribution in [3.8, 4) is 0 Å². The fourth-order valence-corrected chi connectivity index (χ4v) is 1.92. The van der Waals surface area contributed by atoms with Crippen LogP contribution < -0.4 is 10.6 Å². The van der Waals surface area contributed by atoms with Crippen molar-refractivity contribution in [2.75, 3.05) is 20.8 Å². The second-order valence-corrected chi connectivity index (χ2v) is 6.53. The lowest BCUT2D eigenvalue weighted by atomic mass is 10.0. The summed E-state index contributed by atoms with van der Waals surface area (Å²) >= 11 is 0. The van der Waals surface area contributed by atoms with Gasteiger partial charge in [-0.05, 0) is 33.6 Å². The number of rotatable bonds is 8. The number of hydrogen-bond acceptors (Lipinski definition) is 5. The highest BCUT2D eigenvalue weighted by Crippen LogP contribution is 2.08. The van der Waals surface area contributed by atoms with E-state index in [0.717, 1.165) is 0 Å². The maximum Gasteiger partial charge on any atom is 0.407 e. The molecular weight excluding hydrogens is 272 g/mol. The zero-order chi connectivity index (χ0) is 16.6. The molecule has 0 radical (unpaired) electrons. The first-order valence-corrected chi connectivity index (χ1v) is 7.39. The molecular formula is C15H32N2O4. The molecule has 0 aliphatic carbocycles. The fourth-order valence-electron chi connectivity index (χ4n) is 1.92. The van der Waals surface area contributed by atoms with Crippen molar-refractivity contribution in [2.24, 2.45) is 5.92 Å². The summed E-state index contributed by atoms with van der Waals surface area (Å²) in [6.07, 6.45) is -0.731. The standard InChI is InChI=1S/C15H32N2O4/c1-10(2)12(17-11(3)13(19-7)20-8)9-16-14(18)21-15(4,5)6/h10-13,17H,9H2,1-8H3,(H,16,18). The lowest BCUT2D eigenvalue weighted by Gasteiger charge is -2.30. The van der Waals surface area contributed by atoms with Gasteiger partial charge in [-0.15, -0.1) is 0 Å². The molecule has 0 aliphatic rings. The molecule has 2 atom stereocenters. The van der Waals surface area contributed by atoms with Crippen LogP contribution in [0.3, 0.4) is 0 Å². The number of hydrogen-bond donors (Lipinski definition) is 2. The van der Waals surface area contributed by atoms with E-state index in [9.17, 15) is 4.79 Å². The van der Waals surface area contributed by atoms with Gasteiger partial charge in [0.15, 0.2) is 6.29 Å². The van der Waals surface area contributed by atoms with Gasteiger partial charge in [-0.2, -0.15) is 0 Å². The second-order valence-electron chi connectivity index (χ2n) is 6.53. The van der Waals surface area contributed by atoms with Crippen LogP contribution in [0.15, 0.2) is 0 Å². The summed E-state index contributed by atoms with van der Waals surface area (Å²) in [4.78, 5) is 11.7. The predicted molar refractivity (Wildman–Crippen MR) is 83.3 cm³/mol. The third-order valence-corrected chi connectivity index (χ3v) is 3.02. The van der Waals surface area contributed by atoms with Crippen LogP contribution in [-0.4, -0.2) is 50.8 Å². The highest BCUT2D eigenvalue weighted by Gasteiger charge is 2.23. The minimum absolute atomic E-state index is 0.00726. The Morgan fingerprint density at radius 2 is 1.62 bits per heavy atom. The van der Waals surface area contributed by atoms with Gasteiger partial charge in [-0.25, -0.2) is 4.79 Å². The molecule has 0 aromatic rings. The highest BCUT2D eigenvalue weighted by molar-refractivity contribution is 5.67. The first kappa shape index (κ1) is 20.1. The maximum atomic E-state index is 11.7. The second kappa shape index (κ2) is 9.23. The molecule has 0 fully saturated rings. The van der Waals surface area contributed by atoms with Gasteiger partial charge in [0, 0.05) is 26.8 Å². The molecule has 1 amide bonds. The van der Waals surface area contributed by atoms with Crippen molar-refractivity contribution in [2.45, 2.75) is 65.5 Å². The van der Waals surface area contributed by atoms with Crippen LogP contribution in [0.4, 0.5) is 4.79 Å². The Bertz CT molecular complexity index is 299. The smallest absolute Gasteiger partial charge is 0.407 e. The van der Waals surface area contributed by atoms with Gasteiger partial charge in [0.25, 0.3) is 0 Å². The van der Waals surface area contributed by atoms with E-state index in [1.54, 1.807) is 14.2 Å². The summed E-state index contributed by atoms with van der Waals surface area (Å²) in [6.45, 7) is 12.2. The summed E-state index contributed by atoms with van der Waals surface area (Å²) in [7, 11) is 3.21. The largest absolute Gasteiger partial charge is 0.444 e. The molecule has 0 aromatic carbocycles. The lowest BCUT2D eigenvalue weighted by molar-refractivity contribution is -0.121. The van der Waals surface area contributed by atoms with Gasteiger partial charge >= 0.3 is 6.09 Å². The lowest BCUT2D eigenvalue weighted by Crippen LogP contribution is -2.52. The first-order valence-electron chi connectivity index (χ1n) is 7.39. The van der Waals surface area contributed by atoms with Gasteiger partial charge in [-0.1, -0.05) is 13.8 Å². The zero-order valence-corrected chi connectivity index (χ0v) is 14.6. The number of carbonyl (C=O) groups is 1. The number of carbonyl (C=O) groups excluding carboxylic acids is 1. The quantitative estimate of drug-likeness (QED) is 0.672. The molecule has 21 heavy (non-hydrogen) atoms. The van der Waals surface area contributed by atoms with E-state index in [4.69, 9.17) is 14.2 Å². The van der Waals surface area contributed by atoms with Crippen LogP contribution >= 0.6 is 0 Å². The average Bonchev–Trinajstić information content (AvgIpc) is 2.33. The SMILES string of the molecule is COC(OC)C(C)NC(CNC(=O)OC(C)(C)C)C(C)C. The van der Waals surface area contributed by atoms with Crippen molar-refractivity contribution in [3.05, 3.63) is 0 Å². The normalized spacial score (nSPS) is 15.1. The van der Waals surface area contributed by atoms with E-state index in [-0.39, 0.29) is 18.4 Å². The summed E-state index contributed by atoms with van der Waals surface area (Å²) in [6, 6.07) is 0.105. The molecule has 0 heterocycles. The Morgan fingerprint density at radius 1 is 1.10 bits per heavy atom. The van der Waals surface area contributed by atoms with Crippen LogP contribution in [0.1, 0.15) is 41.5 Å². The number of alkyl carbamates (subject to hydrolysis) is 1. The number of ether oxygens (including phenoxy) is 3. The van der Waals surface area contributed by atoms with Gasteiger partial charge in [0.2, 0.25) is 0 Å². The van der Waals surface area contributed by atoms with E-state index in [1.807, 2.05) is 27.7 Å². The van der Waals surface area contributed by atoms with Gasteiger partial charge in [0.1, 0.15) is 5.60 Å². The predicted octanol–water partition coefficient (Wildman–Crippen LogP) is 2.13. The zero-order valence-electron chi connectivity index (χ0n) is 14.6. The molecule has 0 bridgehead atoms. The molecule has 2 N–H and O–H groups in total. The van der Waals surface area contributed by atoms with Crippen molar-refractivity contribution in [1.29, 1.82) is 0 Å². The molecule has 0 saturated heterocycles. The van der Waals surface area contributed by atoms with Gasteiger partial charge in [-0.3, -0.25) is 0 Å². The topological polar surface area (TPSA) is 68.8 Å². The van der Waals surface area contributed by atoms with Crippen LogP contribution in [0, 0.1) is 5.92 Å². The number of amides is 1. The van der Waals surface area contributed by atoms with Gasteiger partial charge < -0.3 is 24.8 Å². The van der Waals surface area contributed by atoms with Crippen molar-refractivity contribution in [1.82, 2.24) is 10.6 Å². The Hall–Kier alpha value is -0.850. The molecule has 6 nitrogen and oxygen atoms in total. The minimum atomic E-state index is -0.491. The molecule has 0 aliphatic heterocycles. The van der Waals surface area contributed by atoms with Crippen molar-refractivity contribution < 1.29 is 19.0 Å². The van der Waals surface area contributed by atoms with Crippen LogP contribution in [0.25, 0.3) is 0 Å². The molecule has 0 saturated carbocycles. The number of methoxy groups -OCH3 is 2.